The fourth-order valence-corrected chi connectivity index (χ4v) is 1.85. The van der Waals surface area contributed by atoms with Gasteiger partial charge >= 0.3 is 5.97 Å². The highest BCUT2D eigenvalue weighted by atomic mass is 35.5. The van der Waals surface area contributed by atoms with Crippen LogP contribution in [0.1, 0.15) is 32.6 Å². The van der Waals surface area contributed by atoms with Crippen molar-refractivity contribution in [2.45, 2.75) is 38.6 Å². The van der Waals surface area contributed by atoms with E-state index >= 15 is 0 Å². The van der Waals surface area contributed by atoms with Gasteiger partial charge in [-0.1, -0.05) is 19.8 Å². The van der Waals surface area contributed by atoms with Crippen molar-refractivity contribution in [1.82, 2.24) is 0 Å². The van der Waals surface area contributed by atoms with Crippen LogP contribution in [0.4, 0.5) is 0 Å². The molecule has 1 rings (SSSR count). The molecule has 0 aliphatic heterocycles. The number of nitrogens with two attached hydrogens (primary N) is 1. The van der Waals surface area contributed by atoms with E-state index in [1.54, 1.807) is 0 Å². The Morgan fingerprint density at radius 2 is 1.85 bits per heavy atom. The van der Waals surface area contributed by atoms with Gasteiger partial charge < -0.3 is 10.8 Å². The van der Waals surface area contributed by atoms with E-state index in [4.69, 9.17) is 10.8 Å². The van der Waals surface area contributed by atoms with Gasteiger partial charge in [-0.15, -0.1) is 12.4 Å². The third kappa shape index (κ3) is 3.53. The molecule has 1 aliphatic carbocycles. The second-order valence-electron chi connectivity index (χ2n) is 3.88. The summed E-state index contributed by atoms with van der Waals surface area (Å²) in [4.78, 5) is 10.6. The Morgan fingerprint density at radius 3 is 2.23 bits per heavy atom. The van der Waals surface area contributed by atoms with Gasteiger partial charge in [0.1, 0.15) is 6.04 Å². The van der Waals surface area contributed by atoms with Gasteiger partial charge in [0.25, 0.3) is 0 Å². The van der Waals surface area contributed by atoms with Gasteiger partial charge in [0.05, 0.1) is 0 Å². The van der Waals surface area contributed by atoms with E-state index in [0.717, 1.165) is 31.6 Å². The highest BCUT2D eigenvalue weighted by Crippen LogP contribution is 2.29. The average Bonchev–Trinajstić information content (AvgIpc) is 2.04. The van der Waals surface area contributed by atoms with E-state index < -0.39 is 12.0 Å². The molecule has 78 valence electrons. The summed E-state index contributed by atoms with van der Waals surface area (Å²) in [6.45, 7) is 2.21. The summed E-state index contributed by atoms with van der Waals surface area (Å²) in [6.07, 6.45) is 4.22. The Labute approximate surface area is 85.1 Å². The molecule has 0 aromatic rings. The van der Waals surface area contributed by atoms with Crippen LogP contribution >= 0.6 is 12.4 Å². The molecule has 0 aromatic heterocycles. The first-order valence-corrected chi connectivity index (χ1v) is 4.59. The normalized spacial score (nSPS) is 30.3. The lowest BCUT2D eigenvalue weighted by molar-refractivity contribution is -0.140. The zero-order valence-corrected chi connectivity index (χ0v) is 8.72. The molecule has 3 N–H and O–H groups in total. The van der Waals surface area contributed by atoms with Crippen LogP contribution in [-0.2, 0) is 4.79 Å². The van der Waals surface area contributed by atoms with E-state index in [0.29, 0.717) is 0 Å². The SMILES string of the molecule is C[C@H]1CC[C@H]([C@H](N)C(=O)O)CC1.Cl. The van der Waals surface area contributed by atoms with Crippen LogP contribution in [-0.4, -0.2) is 17.1 Å². The highest BCUT2D eigenvalue weighted by Gasteiger charge is 2.27. The zero-order valence-electron chi connectivity index (χ0n) is 7.90. The summed E-state index contributed by atoms with van der Waals surface area (Å²) in [5.41, 5.74) is 5.54. The third-order valence-corrected chi connectivity index (χ3v) is 2.85. The van der Waals surface area contributed by atoms with Crippen LogP contribution in [0.2, 0.25) is 0 Å². The molecule has 1 atom stereocenters. The molecule has 0 spiro atoms. The number of hydrogen-bond acceptors (Lipinski definition) is 2. The van der Waals surface area contributed by atoms with Crippen molar-refractivity contribution < 1.29 is 9.90 Å². The molecule has 0 radical (unpaired) electrons. The van der Waals surface area contributed by atoms with Crippen LogP contribution < -0.4 is 5.73 Å². The minimum atomic E-state index is -0.852. The lowest BCUT2D eigenvalue weighted by atomic mass is 9.79. The summed E-state index contributed by atoms with van der Waals surface area (Å²) in [6, 6.07) is -0.641. The number of aliphatic carboxylic acids is 1. The first-order valence-electron chi connectivity index (χ1n) is 4.59. The van der Waals surface area contributed by atoms with E-state index in [9.17, 15) is 4.79 Å². The smallest absolute Gasteiger partial charge is 0.320 e. The molecule has 0 aromatic carbocycles. The Kier molecular flexibility index (Phi) is 5.33. The van der Waals surface area contributed by atoms with E-state index in [-0.39, 0.29) is 18.3 Å². The molecule has 1 aliphatic rings. The molecule has 0 unspecified atom stereocenters. The van der Waals surface area contributed by atoms with Gasteiger partial charge in [0.15, 0.2) is 0 Å². The first-order chi connectivity index (χ1) is 5.61. The van der Waals surface area contributed by atoms with Crippen LogP contribution in [0.15, 0.2) is 0 Å². The maximum absolute atomic E-state index is 10.6. The molecule has 1 fully saturated rings. The number of carbonyl (C=O) groups is 1. The van der Waals surface area contributed by atoms with Crippen molar-refractivity contribution in [3.63, 3.8) is 0 Å². The molecule has 0 amide bonds. The lowest BCUT2D eigenvalue weighted by Gasteiger charge is -2.28. The van der Waals surface area contributed by atoms with Gasteiger partial charge in [-0.3, -0.25) is 4.79 Å². The number of rotatable bonds is 2. The Balaban J connectivity index is 0.00000144. The van der Waals surface area contributed by atoms with Crippen molar-refractivity contribution in [3.05, 3.63) is 0 Å². The maximum Gasteiger partial charge on any atom is 0.320 e. The molecule has 13 heavy (non-hydrogen) atoms. The summed E-state index contributed by atoms with van der Waals surface area (Å²) in [7, 11) is 0. The van der Waals surface area contributed by atoms with Crippen molar-refractivity contribution in [2.24, 2.45) is 17.6 Å². The second-order valence-corrected chi connectivity index (χ2v) is 3.88. The molecule has 0 saturated heterocycles. The summed E-state index contributed by atoms with van der Waals surface area (Å²) >= 11 is 0. The molecule has 4 heteroatoms. The lowest BCUT2D eigenvalue weighted by Crippen LogP contribution is -2.39. The zero-order chi connectivity index (χ0) is 9.14. The molecule has 3 nitrogen and oxygen atoms in total. The van der Waals surface area contributed by atoms with Gasteiger partial charge in [-0.2, -0.15) is 0 Å². The largest absolute Gasteiger partial charge is 0.480 e. The minimum absolute atomic E-state index is 0. The highest BCUT2D eigenvalue weighted by molar-refractivity contribution is 5.85. The number of hydrogen-bond donors (Lipinski definition) is 2. The number of carboxylic acid groups (broad SMARTS) is 1. The molecular formula is C9H18ClNO2. The van der Waals surface area contributed by atoms with E-state index in [2.05, 4.69) is 6.92 Å². The van der Waals surface area contributed by atoms with Crippen molar-refractivity contribution in [3.8, 4) is 0 Å². The monoisotopic (exact) mass is 207 g/mol. The first kappa shape index (κ1) is 12.7. The van der Waals surface area contributed by atoms with E-state index in [1.807, 2.05) is 0 Å². The molecule has 0 heterocycles. The summed E-state index contributed by atoms with van der Waals surface area (Å²) in [5, 5.41) is 8.68. The minimum Gasteiger partial charge on any atom is -0.480 e. The fourth-order valence-electron chi connectivity index (χ4n) is 1.85. The van der Waals surface area contributed by atoms with Crippen molar-refractivity contribution in [1.29, 1.82) is 0 Å². The Bertz CT molecular complexity index is 167. The van der Waals surface area contributed by atoms with Crippen molar-refractivity contribution in [2.75, 3.05) is 0 Å². The number of carboxylic acids is 1. The van der Waals surface area contributed by atoms with Gasteiger partial charge in [-0.05, 0) is 24.7 Å². The summed E-state index contributed by atoms with van der Waals surface area (Å²) in [5.74, 6) is 0.107. The van der Waals surface area contributed by atoms with Crippen LogP contribution in [0.25, 0.3) is 0 Å². The average molecular weight is 208 g/mol. The Hall–Kier alpha value is -0.280. The topological polar surface area (TPSA) is 63.3 Å². The molecule has 0 bridgehead atoms. The third-order valence-electron chi connectivity index (χ3n) is 2.85. The van der Waals surface area contributed by atoms with E-state index in [1.165, 1.54) is 0 Å². The van der Waals surface area contributed by atoms with Crippen LogP contribution in [0.3, 0.4) is 0 Å². The Morgan fingerprint density at radius 1 is 1.38 bits per heavy atom. The molecule has 1 saturated carbocycles. The maximum atomic E-state index is 10.6. The molecular weight excluding hydrogens is 190 g/mol. The quantitative estimate of drug-likeness (QED) is 0.724. The van der Waals surface area contributed by atoms with Crippen LogP contribution in [0, 0.1) is 11.8 Å². The summed E-state index contributed by atoms with van der Waals surface area (Å²) < 4.78 is 0. The fraction of sp³-hybridized carbons (Fsp3) is 0.889. The predicted octanol–water partition coefficient (Wildman–Crippen LogP) is 1.65. The van der Waals surface area contributed by atoms with Gasteiger partial charge in [0.2, 0.25) is 0 Å². The number of halogens is 1. The second kappa shape index (κ2) is 5.45. The predicted molar refractivity (Wildman–Crippen MR) is 54.0 cm³/mol. The van der Waals surface area contributed by atoms with Crippen molar-refractivity contribution >= 4 is 18.4 Å². The van der Waals surface area contributed by atoms with Gasteiger partial charge in [-0.25, -0.2) is 0 Å². The standard InChI is InChI=1S/C9H17NO2.ClH/c1-6-2-4-7(5-3-6)8(10)9(11)12;/h6-8H,2-5,10H2,1H3,(H,11,12);1H/t6-,7-,8-;/m0./s1. The van der Waals surface area contributed by atoms with Crippen LogP contribution in [0.5, 0.6) is 0 Å². The van der Waals surface area contributed by atoms with Gasteiger partial charge in [0, 0.05) is 0 Å².